The summed E-state index contributed by atoms with van der Waals surface area (Å²) >= 11 is 0. The quantitative estimate of drug-likeness (QED) is 0.187. The lowest BCUT2D eigenvalue weighted by molar-refractivity contribution is 0.477. The average Bonchev–Trinajstić information content (AvgIpc) is 3.84. The van der Waals surface area contributed by atoms with Crippen LogP contribution in [0.3, 0.4) is 0 Å². The molecular weight excluding hydrogens is 815 g/mol. The molecule has 0 atom stereocenters. The van der Waals surface area contributed by atoms with Crippen molar-refractivity contribution in [2.75, 3.05) is 4.90 Å². The molecular formula is C64H49NO2. The molecule has 2 aliphatic carbocycles. The van der Waals surface area contributed by atoms with E-state index in [0.717, 1.165) is 78.8 Å². The van der Waals surface area contributed by atoms with Crippen LogP contribution in [0.1, 0.15) is 66.6 Å². The molecule has 0 fully saturated rings. The number of para-hydroxylation sites is 2. The molecule has 0 bridgehead atoms. The summed E-state index contributed by atoms with van der Waals surface area (Å²) in [5.74, 6) is 0.301. The van der Waals surface area contributed by atoms with Crippen LogP contribution in [0.5, 0.6) is 5.75 Å². The van der Waals surface area contributed by atoms with Crippen LogP contribution in [0.2, 0.25) is 0 Å². The molecule has 322 valence electrons. The van der Waals surface area contributed by atoms with Crippen molar-refractivity contribution >= 4 is 60.5 Å². The van der Waals surface area contributed by atoms with Crippen LogP contribution in [0.15, 0.2) is 192 Å². The molecule has 10 aromatic carbocycles. The van der Waals surface area contributed by atoms with Crippen LogP contribution >= 0.6 is 0 Å². The number of hydrogen-bond acceptors (Lipinski definition) is 3. The molecule has 13 rings (SSSR count). The molecule has 2 aliphatic rings. The number of aromatic hydroxyl groups is 1. The molecule has 0 aliphatic heterocycles. The number of phenolic OH excluding ortho intramolecular Hbond substituents is 1. The molecule has 0 spiro atoms. The van der Waals surface area contributed by atoms with E-state index in [0.29, 0.717) is 5.75 Å². The van der Waals surface area contributed by atoms with Gasteiger partial charge in [0, 0.05) is 43.5 Å². The smallest absolute Gasteiger partial charge is 0.135 e. The lowest BCUT2D eigenvalue weighted by Gasteiger charge is -2.39. The number of aryl methyl sites for hydroxylation is 1. The third-order valence-electron chi connectivity index (χ3n) is 15.4. The summed E-state index contributed by atoms with van der Waals surface area (Å²) in [7, 11) is 0. The first-order valence-corrected chi connectivity index (χ1v) is 23.5. The normalized spacial score (nSPS) is 14.3. The van der Waals surface area contributed by atoms with Crippen molar-refractivity contribution in [3.8, 4) is 39.1 Å². The average molecular weight is 864 g/mol. The Bertz CT molecular complexity index is 3870. The Morgan fingerprint density at radius 3 is 1.78 bits per heavy atom. The van der Waals surface area contributed by atoms with Gasteiger partial charge in [-0.1, -0.05) is 179 Å². The third-order valence-corrected chi connectivity index (χ3v) is 15.4. The second-order valence-corrected chi connectivity index (χ2v) is 19.7. The summed E-state index contributed by atoms with van der Waals surface area (Å²) in [4.78, 5) is 2.57. The monoisotopic (exact) mass is 863 g/mol. The number of rotatable bonds is 5. The number of nitrogens with zero attached hydrogens (tertiary/aromatic N) is 1. The van der Waals surface area contributed by atoms with Crippen LogP contribution < -0.4 is 4.90 Å². The maximum absolute atomic E-state index is 11.9. The minimum absolute atomic E-state index is 0.301. The first-order chi connectivity index (χ1) is 32.6. The molecule has 11 aromatic rings. The minimum atomic E-state index is -0.384. The van der Waals surface area contributed by atoms with Gasteiger partial charge in [-0.05, 0) is 122 Å². The van der Waals surface area contributed by atoms with Gasteiger partial charge in [-0.2, -0.15) is 0 Å². The molecule has 1 heterocycles. The van der Waals surface area contributed by atoms with Crippen LogP contribution in [0.4, 0.5) is 17.1 Å². The summed E-state index contributed by atoms with van der Waals surface area (Å²) in [5.41, 5.74) is 20.1. The summed E-state index contributed by atoms with van der Waals surface area (Å²) in [6, 6.07) is 68.2. The van der Waals surface area contributed by atoms with Gasteiger partial charge < -0.3 is 14.4 Å². The lowest BCUT2D eigenvalue weighted by Crippen LogP contribution is -2.28. The number of hydrogen-bond donors (Lipinski definition) is 1. The Labute approximate surface area is 391 Å². The first-order valence-electron chi connectivity index (χ1n) is 23.5. The van der Waals surface area contributed by atoms with Crippen molar-refractivity contribution in [1.29, 1.82) is 0 Å². The highest BCUT2D eigenvalue weighted by Gasteiger charge is 2.42. The number of phenols is 1. The molecule has 3 heteroatoms. The first kappa shape index (κ1) is 39.5. The summed E-state index contributed by atoms with van der Waals surface area (Å²) in [6.07, 6.45) is 0.806. The van der Waals surface area contributed by atoms with Crippen molar-refractivity contribution in [3.05, 3.63) is 227 Å². The molecule has 1 aromatic heterocycles. The third kappa shape index (κ3) is 5.58. The fourth-order valence-corrected chi connectivity index (χ4v) is 12.2. The number of fused-ring (bicyclic) bond motifs is 13. The van der Waals surface area contributed by atoms with E-state index in [4.69, 9.17) is 4.42 Å². The molecule has 67 heavy (non-hydrogen) atoms. The standard InChI is InChI=1S/C64H49NO2/c1-38-19-9-10-22-40(38)61-56(66)33-31-50-62(61)60-45-27-14-13-26-44(45)55(37-52(60)64(50,4)5)65(53-29-17-15-23-41(53)39-20-7-6-8-21-39)54-36-51-47(42-24-11-12-25-43(42)54)35-48-49(63(51,2)3)32-34-58-59(48)46-28-16-18-30-57(46)67-58/h6-34,36-37,66H,35H2,1-5H3. The van der Waals surface area contributed by atoms with Gasteiger partial charge in [0.1, 0.15) is 16.9 Å². The van der Waals surface area contributed by atoms with Gasteiger partial charge in [-0.3, -0.25) is 0 Å². The fraction of sp³-hybridized carbons (Fsp3) is 0.125. The summed E-state index contributed by atoms with van der Waals surface area (Å²) in [5, 5.41) is 19.0. The zero-order valence-corrected chi connectivity index (χ0v) is 38.4. The van der Waals surface area contributed by atoms with Gasteiger partial charge in [-0.15, -0.1) is 0 Å². The lowest BCUT2D eigenvalue weighted by atomic mass is 9.67. The van der Waals surface area contributed by atoms with Crippen molar-refractivity contribution in [3.63, 3.8) is 0 Å². The second-order valence-electron chi connectivity index (χ2n) is 19.7. The Morgan fingerprint density at radius 2 is 1.01 bits per heavy atom. The van der Waals surface area contributed by atoms with Crippen molar-refractivity contribution < 1.29 is 9.52 Å². The highest BCUT2D eigenvalue weighted by Crippen LogP contribution is 2.60. The minimum Gasteiger partial charge on any atom is -0.507 e. The molecule has 3 nitrogen and oxygen atoms in total. The molecule has 0 radical (unpaired) electrons. The van der Waals surface area contributed by atoms with Crippen molar-refractivity contribution in [1.82, 2.24) is 0 Å². The summed E-state index contributed by atoms with van der Waals surface area (Å²) in [6.45, 7) is 11.7. The Balaban J connectivity index is 1.13. The van der Waals surface area contributed by atoms with Crippen molar-refractivity contribution in [2.24, 2.45) is 0 Å². The van der Waals surface area contributed by atoms with Gasteiger partial charge in [0.05, 0.1) is 17.1 Å². The van der Waals surface area contributed by atoms with E-state index in [1.165, 1.54) is 60.5 Å². The van der Waals surface area contributed by atoms with E-state index in [9.17, 15) is 5.11 Å². The molecule has 1 N–H and O–H groups in total. The number of furan rings is 1. The predicted molar refractivity (Wildman–Crippen MR) is 280 cm³/mol. The Morgan fingerprint density at radius 1 is 0.433 bits per heavy atom. The van der Waals surface area contributed by atoms with E-state index < -0.39 is 0 Å². The van der Waals surface area contributed by atoms with Crippen LogP contribution in [-0.4, -0.2) is 5.11 Å². The largest absolute Gasteiger partial charge is 0.507 e. The van der Waals surface area contributed by atoms with E-state index >= 15 is 0 Å². The molecule has 0 unspecified atom stereocenters. The SMILES string of the molecule is Cc1ccccc1-c1c(O)ccc2c1-c1c(cc(N(c3ccccc3-c3ccccc3)c3cc4c(c5ccccc35)Cc3c(ccc5oc6ccccc6c35)C4(C)C)c3ccccc13)C2(C)C. The van der Waals surface area contributed by atoms with E-state index in [-0.39, 0.29) is 10.8 Å². The van der Waals surface area contributed by atoms with E-state index in [2.05, 4.69) is 222 Å². The van der Waals surface area contributed by atoms with Gasteiger partial charge >= 0.3 is 0 Å². The zero-order chi connectivity index (χ0) is 45.3. The maximum atomic E-state index is 11.9. The Hall–Kier alpha value is -7.88. The Kier molecular flexibility index (Phi) is 8.43. The number of anilines is 3. The van der Waals surface area contributed by atoms with Crippen molar-refractivity contribution in [2.45, 2.75) is 51.9 Å². The molecule has 0 amide bonds. The van der Waals surface area contributed by atoms with Gasteiger partial charge in [0.25, 0.3) is 0 Å². The summed E-state index contributed by atoms with van der Waals surface area (Å²) < 4.78 is 6.48. The van der Waals surface area contributed by atoms with E-state index in [1.807, 2.05) is 6.07 Å². The topological polar surface area (TPSA) is 36.6 Å². The van der Waals surface area contributed by atoms with E-state index in [1.54, 1.807) is 0 Å². The second kappa shape index (κ2) is 14.3. The molecule has 0 saturated carbocycles. The van der Waals surface area contributed by atoms with Crippen LogP contribution in [0.25, 0.3) is 76.9 Å². The molecule has 0 saturated heterocycles. The van der Waals surface area contributed by atoms with Gasteiger partial charge in [0.15, 0.2) is 0 Å². The highest BCUT2D eigenvalue weighted by atomic mass is 16.3. The fourth-order valence-electron chi connectivity index (χ4n) is 12.2. The zero-order valence-electron chi connectivity index (χ0n) is 38.4. The van der Waals surface area contributed by atoms with Crippen LogP contribution in [-0.2, 0) is 17.3 Å². The maximum Gasteiger partial charge on any atom is 0.135 e. The highest BCUT2D eigenvalue weighted by molar-refractivity contribution is 6.15. The van der Waals surface area contributed by atoms with Gasteiger partial charge in [0.2, 0.25) is 0 Å². The van der Waals surface area contributed by atoms with Gasteiger partial charge in [-0.25, -0.2) is 0 Å². The predicted octanol–water partition coefficient (Wildman–Crippen LogP) is 17.2. The number of benzene rings is 10. The van der Waals surface area contributed by atoms with Crippen LogP contribution in [0, 0.1) is 6.92 Å².